The van der Waals surface area contributed by atoms with Gasteiger partial charge in [-0.2, -0.15) is 0 Å². The van der Waals surface area contributed by atoms with Crippen molar-refractivity contribution >= 4 is 17.8 Å². The van der Waals surface area contributed by atoms with Crippen molar-refractivity contribution in [3.8, 4) is 0 Å². The van der Waals surface area contributed by atoms with Gasteiger partial charge in [0.05, 0.1) is 12.1 Å². The van der Waals surface area contributed by atoms with Crippen LogP contribution in [0.15, 0.2) is 5.38 Å². The third-order valence-corrected chi connectivity index (χ3v) is 1.21. The summed E-state index contributed by atoms with van der Waals surface area (Å²) in [5.41, 5.74) is 0.699. The Hall–Kier alpha value is -0.770. The van der Waals surface area contributed by atoms with Crippen molar-refractivity contribution in [1.29, 1.82) is 0 Å². The maximum absolute atomic E-state index is 9.68. The molecule has 1 heterocycles. The number of aromatic nitrogens is 2. The Bertz CT molecular complexity index is 161. The lowest BCUT2D eigenvalue weighted by atomic mass is 10.4. The highest BCUT2D eigenvalue weighted by molar-refractivity contribution is 7.03. The molecule has 0 unspecified atom stereocenters. The van der Waals surface area contributed by atoms with Gasteiger partial charge in [-0.3, -0.25) is 4.79 Å². The fourth-order valence-corrected chi connectivity index (χ4v) is 0.786. The zero-order chi connectivity index (χ0) is 5.82. The van der Waals surface area contributed by atoms with Crippen LogP contribution in [-0.2, 0) is 11.2 Å². The zero-order valence-corrected chi connectivity index (χ0v) is 4.81. The van der Waals surface area contributed by atoms with Gasteiger partial charge in [-0.25, -0.2) is 0 Å². The maximum atomic E-state index is 9.68. The quantitative estimate of drug-likeness (QED) is 0.569. The predicted octanol–water partition coefficient (Wildman–Crippen LogP) is 0.190. The fourth-order valence-electron chi connectivity index (χ4n) is 0.335. The minimum Gasteiger partial charge on any atom is -0.290 e. The van der Waals surface area contributed by atoms with Crippen molar-refractivity contribution < 1.29 is 4.79 Å². The van der Waals surface area contributed by atoms with Crippen LogP contribution >= 0.6 is 11.5 Å². The monoisotopic (exact) mass is 127 g/mol. The van der Waals surface area contributed by atoms with E-state index < -0.39 is 0 Å². The van der Waals surface area contributed by atoms with Crippen molar-refractivity contribution in [2.45, 2.75) is 6.42 Å². The number of hydrogen-bond acceptors (Lipinski definition) is 4. The second-order valence-corrected chi connectivity index (χ2v) is 1.83. The lowest BCUT2D eigenvalue weighted by Crippen LogP contribution is -1.83. The second kappa shape index (κ2) is 2.52. The molecule has 1 aromatic rings. The highest BCUT2D eigenvalue weighted by Gasteiger charge is 1.91. The highest BCUT2D eigenvalue weighted by Crippen LogP contribution is 1.94. The smallest absolute Gasteiger partial charge is 0.204 e. The van der Waals surface area contributed by atoms with E-state index in [-0.39, 0.29) is 6.42 Å². The highest BCUT2D eigenvalue weighted by atomic mass is 32.1. The van der Waals surface area contributed by atoms with Crippen molar-refractivity contribution in [3.63, 3.8) is 0 Å². The number of hydrogen-bond donors (Lipinski definition) is 0. The Labute approximate surface area is 50.5 Å². The van der Waals surface area contributed by atoms with Crippen LogP contribution in [-0.4, -0.2) is 15.9 Å². The molecule has 0 N–H and O–H groups in total. The molecule has 0 fully saturated rings. The summed E-state index contributed by atoms with van der Waals surface area (Å²) in [6, 6.07) is 0. The zero-order valence-electron chi connectivity index (χ0n) is 4.00. The molecule has 8 heavy (non-hydrogen) atoms. The Morgan fingerprint density at radius 1 is 1.88 bits per heavy atom. The Balaban J connectivity index is 2.62. The first-order valence-corrected chi connectivity index (χ1v) is 2.88. The van der Waals surface area contributed by atoms with E-state index in [4.69, 9.17) is 0 Å². The summed E-state index contributed by atoms with van der Waals surface area (Å²) in [6.07, 6.45) is 1.98. The molecule has 0 atom stereocenters. The summed E-state index contributed by atoms with van der Waals surface area (Å²) < 4.78 is 3.55. The summed E-state index contributed by atoms with van der Waals surface area (Å²) in [4.78, 5) is 9.68. The second-order valence-electron chi connectivity index (χ2n) is 1.22. The van der Waals surface area contributed by atoms with Crippen LogP contribution in [0.25, 0.3) is 0 Å². The molecule has 0 bridgehead atoms. The van der Waals surface area contributed by atoms with E-state index in [9.17, 15) is 4.79 Å². The summed E-state index contributed by atoms with van der Waals surface area (Å²) in [6.45, 7) is 0. The van der Waals surface area contributed by atoms with Crippen molar-refractivity contribution in [1.82, 2.24) is 9.59 Å². The predicted molar refractivity (Wildman–Crippen MR) is 29.3 cm³/mol. The van der Waals surface area contributed by atoms with E-state index in [1.807, 2.05) is 0 Å². The third-order valence-electron chi connectivity index (χ3n) is 0.658. The van der Waals surface area contributed by atoms with Crippen LogP contribution in [0.1, 0.15) is 5.69 Å². The van der Waals surface area contributed by atoms with Crippen LogP contribution in [0, 0.1) is 0 Å². The molecule has 0 spiro atoms. The summed E-state index contributed by atoms with van der Waals surface area (Å²) >= 11 is 1.24. The van der Waals surface area contributed by atoms with Crippen LogP contribution in [0.4, 0.5) is 0 Å². The van der Waals surface area contributed by atoms with Crippen molar-refractivity contribution in [2.75, 3.05) is 0 Å². The van der Waals surface area contributed by atoms with Gasteiger partial charge < -0.3 is 0 Å². The summed E-state index contributed by atoms with van der Waals surface area (Å²) in [5, 5.41) is 5.34. The fraction of sp³-hybridized carbons (Fsp3) is 0.250. The molecule has 0 aliphatic carbocycles. The van der Waals surface area contributed by atoms with Gasteiger partial charge in [0.1, 0.15) is 0 Å². The number of nitrogens with zero attached hydrogens (tertiary/aromatic N) is 2. The molecular weight excluding hydrogens is 124 g/mol. The molecule has 41 valence electrons. The van der Waals surface area contributed by atoms with Crippen molar-refractivity contribution in [2.24, 2.45) is 0 Å². The molecule has 1 radical (unpaired) electrons. The molecule has 0 aromatic carbocycles. The first-order valence-electron chi connectivity index (χ1n) is 2.04. The molecule has 4 heteroatoms. The first kappa shape index (κ1) is 5.37. The van der Waals surface area contributed by atoms with Gasteiger partial charge >= 0.3 is 0 Å². The largest absolute Gasteiger partial charge is 0.290 e. The summed E-state index contributed by atoms with van der Waals surface area (Å²) in [7, 11) is 0. The molecule has 1 rings (SSSR count). The normalized spacial score (nSPS) is 9.00. The van der Waals surface area contributed by atoms with Gasteiger partial charge in [0.15, 0.2) is 0 Å². The molecule has 0 amide bonds. The average Bonchev–Trinajstić information content (AvgIpc) is 2.19. The van der Waals surface area contributed by atoms with Gasteiger partial charge in [-0.15, -0.1) is 5.10 Å². The Kier molecular flexibility index (Phi) is 1.69. The van der Waals surface area contributed by atoms with E-state index >= 15 is 0 Å². The Morgan fingerprint density at radius 2 is 2.75 bits per heavy atom. The van der Waals surface area contributed by atoms with E-state index in [1.165, 1.54) is 11.5 Å². The van der Waals surface area contributed by atoms with Crippen LogP contribution < -0.4 is 0 Å². The van der Waals surface area contributed by atoms with Crippen LogP contribution in [0.5, 0.6) is 0 Å². The standard InChI is InChI=1S/C4H3N2OS/c7-2-1-4-3-8-6-5-4/h3H,1H2. The number of rotatable bonds is 2. The third kappa shape index (κ3) is 1.10. The van der Waals surface area contributed by atoms with Crippen LogP contribution in [0.2, 0.25) is 0 Å². The minimum atomic E-state index is 0.260. The number of carbonyl (C=O) groups excluding carboxylic acids is 1. The maximum Gasteiger partial charge on any atom is 0.204 e. The molecular formula is C4H3N2OS. The SMILES string of the molecule is O=[C]Cc1csnn1. The van der Waals surface area contributed by atoms with E-state index in [1.54, 1.807) is 11.7 Å². The molecule has 0 saturated carbocycles. The lowest BCUT2D eigenvalue weighted by molar-refractivity contribution is 0.554. The molecule has 1 aromatic heterocycles. The average molecular weight is 127 g/mol. The first-order chi connectivity index (χ1) is 3.93. The molecule has 0 aliphatic heterocycles. The van der Waals surface area contributed by atoms with Gasteiger partial charge in [0.2, 0.25) is 6.29 Å². The van der Waals surface area contributed by atoms with Crippen molar-refractivity contribution in [3.05, 3.63) is 11.1 Å². The van der Waals surface area contributed by atoms with Gasteiger partial charge in [-0.1, -0.05) is 4.49 Å². The minimum absolute atomic E-state index is 0.260. The molecule has 0 aliphatic rings. The molecule has 0 saturated heterocycles. The topological polar surface area (TPSA) is 42.9 Å². The van der Waals surface area contributed by atoms with Gasteiger partial charge in [0.25, 0.3) is 0 Å². The van der Waals surface area contributed by atoms with E-state index in [0.29, 0.717) is 5.69 Å². The summed E-state index contributed by atoms with van der Waals surface area (Å²) in [5.74, 6) is 0. The Morgan fingerprint density at radius 3 is 3.25 bits per heavy atom. The molecule has 3 nitrogen and oxygen atoms in total. The van der Waals surface area contributed by atoms with E-state index in [2.05, 4.69) is 9.59 Å². The van der Waals surface area contributed by atoms with Gasteiger partial charge in [0, 0.05) is 5.38 Å². The lowest BCUT2D eigenvalue weighted by Gasteiger charge is -1.73. The van der Waals surface area contributed by atoms with Crippen LogP contribution in [0.3, 0.4) is 0 Å². The van der Waals surface area contributed by atoms with E-state index in [0.717, 1.165) is 0 Å². The van der Waals surface area contributed by atoms with Gasteiger partial charge in [-0.05, 0) is 11.5 Å².